The average Bonchev–Trinajstić information content (AvgIpc) is 2.44. The highest BCUT2D eigenvalue weighted by Crippen LogP contribution is 2.31. The molecule has 3 nitrogen and oxygen atoms in total. The predicted molar refractivity (Wildman–Crippen MR) is 80.8 cm³/mol. The van der Waals surface area contributed by atoms with E-state index in [-0.39, 0.29) is 5.97 Å². The van der Waals surface area contributed by atoms with Crippen LogP contribution >= 0.6 is 35.0 Å². The standard InChI is InChI=1S/C14H11Cl2NO2S/c1-2-19-14(18)9-3-6-13(17-8-9)20-10-4-5-11(15)12(16)7-10/h3-8H,2H2,1H3. The van der Waals surface area contributed by atoms with E-state index in [9.17, 15) is 4.79 Å². The van der Waals surface area contributed by atoms with Crippen LogP contribution in [0.5, 0.6) is 0 Å². The Morgan fingerprint density at radius 1 is 1.25 bits per heavy atom. The first-order valence-corrected chi connectivity index (χ1v) is 7.43. The summed E-state index contributed by atoms with van der Waals surface area (Å²) >= 11 is 13.3. The molecule has 0 unspecified atom stereocenters. The van der Waals surface area contributed by atoms with Gasteiger partial charge in [-0.3, -0.25) is 0 Å². The lowest BCUT2D eigenvalue weighted by molar-refractivity contribution is 0.0525. The maximum absolute atomic E-state index is 11.5. The molecule has 1 heterocycles. The zero-order chi connectivity index (χ0) is 14.5. The number of esters is 1. The molecule has 0 bridgehead atoms. The number of pyridine rings is 1. The molecule has 2 rings (SSSR count). The molecule has 0 aliphatic carbocycles. The summed E-state index contributed by atoms with van der Waals surface area (Å²) < 4.78 is 4.90. The average molecular weight is 328 g/mol. The van der Waals surface area contributed by atoms with Crippen LogP contribution in [0.15, 0.2) is 46.5 Å². The van der Waals surface area contributed by atoms with Gasteiger partial charge in [-0.1, -0.05) is 35.0 Å². The quantitative estimate of drug-likeness (QED) is 0.762. The van der Waals surface area contributed by atoms with Gasteiger partial charge in [0.25, 0.3) is 0 Å². The maximum Gasteiger partial charge on any atom is 0.339 e. The molecular formula is C14H11Cl2NO2S. The first-order valence-electron chi connectivity index (χ1n) is 5.86. The Hall–Kier alpha value is -1.23. The third kappa shape index (κ3) is 3.88. The van der Waals surface area contributed by atoms with Crippen LogP contribution in [0.2, 0.25) is 10.0 Å². The number of ether oxygens (including phenoxy) is 1. The second-order valence-corrected chi connectivity index (χ2v) is 5.69. The number of carbonyl (C=O) groups excluding carboxylic acids is 1. The minimum atomic E-state index is -0.369. The van der Waals surface area contributed by atoms with Crippen molar-refractivity contribution in [3.8, 4) is 0 Å². The van der Waals surface area contributed by atoms with Gasteiger partial charge in [-0.2, -0.15) is 0 Å². The highest BCUT2D eigenvalue weighted by molar-refractivity contribution is 7.99. The molecule has 2 aromatic rings. The van der Waals surface area contributed by atoms with E-state index in [1.807, 2.05) is 6.07 Å². The Bertz CT molecular complexity index is 617. The smallest absolute Gasteiger partial charge is 0.339 e. The van der Waals surface area contributed by atoms with Crippen molar-refractivity contribution in [2.24, 2.45) is 0 Å². The zero-order valence-corrected chi connectivity index (χ0v) is 12.9. The monoisotopic (exact) mass is 327 g/mol. The van der Waals surface area contributed by atoms with Crippen LogP contribution in [0, 0.1) is 0 Å². The second kappa shape index (κ2) is 6.97. The van der Waals surface area contributed by atoms with Gasteiger partial charge in [-0.25, -0.2) is 9.78 Å². The number of carbonyl (C=O) groups is 1. The molecule has 0 saturated heterocycles. The SMILES string of the molecule is CCOC(=O)c1ccc(Sc2ccc(Cl)c(Cl)c2)nc1. The number of rotatable bonds is 4. The Kier molecular flexibility index (Phi) is 5.29. The minimum absolute atomic E-state index is 0.346. The summed E-state index contributed by atoms with van der Waals surface area (Å²) in [5.74, 6) is -0.369. The van der Waals surface area contributed by atoms with Crippen LogP contribution in [0.25, 0.3) is 0 Å². The van der Waals surface area contributed by atoms with Gasteiger partial charge < -0.3 is 4.74 Å². The predicted octanol–water partition coefficient (Wildman–Crippen LogP) is 4.72. The van der Waals surface area contributed by atoms with Crippen molar-refractivity contribution in [1.82, 2.24) is 4.98 Å². The van der Waals surface area contributed by atoms with Crippen LogP contribution < -0.4 is 0 Å². The third-order valence-electron chi connectivity index (χ3n) is 2.36. The molecule has 6 heteroatoms. The number of hydrogen-bond acceptors (Lipinski definition) is 4. The summed E-state index contributed by atoms with van der Waals surface area (Å²) in [5, 5.41) is 1.78. The summed E-state index contributed by atoms with van der Waals surface area (Å²) in [5.41, 5.74) is 0.435. The number of halogens is 2. The molecule has 0 spiro atoms. The van der Waals surface area contributed by atoms with E-state index in [1.165, 1.54) is 18.0 Å². The number of hydrogen-bond donors (Lipinski definition) is 0. The van der Waals surface area contributed by atoms with Gasteiger partial charge in [-0.15, -0.1) is 0 Å². The van der Waals surface area contributed by atoms with Gasteiger partial charge in [0.05, 0.1) is 22.2 Å². The van der Waals surface area contributed by atoms with Crippen molar-refractivity contribution in [2.75, 3.05) is 6.61 Å². The lowest BCUT2D eigenvalue weighted by Crippen LogP contribution is -2.04. The molecule has 1 aromatic carbocycles. The molecule has 1 aromatic heterocycles. The van der Waals surface area contributed by atoms with E-state index in [0.717, 1.165) is 9.92 Å². The van der Waals surface area contributed by atoms with E-state index >= 15 is 0 Å². The van der Waals surface area contributed by atoms with Crippen molar-refractivity contribution < 1.29 is 9.53 Å². The summed E-state index contributed by atoms with van der Waals surface area (Å²) in [7, 11) is 0. The van der Waals surface area contributed by atoms with Crippen LogP contribution in [0.4, 0.5) is 0 Å². The van der Waals surface area contributed by atoms with Crippen molar-refractivity contribution in [3.63, 3.8) is 0 Å². The van der Waals surface area contributed by atoms with Crippen molar-refractivity contribution >= 4 is 40.9 Å². The lowest BCUT2D eigenvalue weighted by atomic mass is 10.3. The third-order valence-corrected chi connectivity index (χ3v) is 4.04. The van der Waals surface area contributed by atoms with E-state index in [0.29, 0.717) is 22.2 Å². The normalized spacial score (nSPS) is 10.3. The zero-order valence-electron chi connectivity index (χ0n) is 10.6. The molecule has 0 fully saturated rings. The Morgan fingerprint density at radius 2 is 2.05 bits per heavy atom. The molecule has 0 aliphatic heterocycles. The molecule has 0 N–H and O–H groups in total. The second-order valence-electron chi connectivity index (χ2n) is 3.78. The highest BCUT2D eigenvalue weighted by atomic mass is 35.5. The highest BCUT2D eigenvalue weighted by Gasteiger charge is 2.08. The summed E-state index contributed by atoms with van der Waals surface area (Å²) in [6.07, 6.45) is 1.50. The molecule has 0 amide bonds. The number of aromatic nitrogens is 1. The van der Waals surface area contributed by atoms with Gasteiger partial charge in [-0.05, 0) is 37.3 Å². The van der Waals surface area contributed by atoms with Crippen LogP contribution in [-0.2, 0) is 4.74 Å². The fourth-order valence-electron chi connectivity index (χ4n) is 1.44. The van der Waals surface area contributed by atoms with Crippen LogP contribution in [0.3, 0.4) is 0 Å². The van der Waals surface area contributed by atoms with Crippen LogP contribution in [-0.4, -0.2) is 17.6 Å². The molecule has 0 atom stereocenters. The number of nitrogens with zero attached hydrogens (tertiary/aromatic N) is 1. The van der Waals surface area contributed by atoms with Crippen molar-refractivity contribution in [1.29, 1.82) is 0 Å². The first kappa shape index (κ1) is 15.2. The van der Waals surface area contributed by atoms with E-state index in [4.69, 9.17) is 27.9 Å². The topological polar surface area (TPSA) is 39.2 Å². The fourth-order valence-corrected chi connectivity index (χ4v) is 2.60. The maximum atomic E-state index is 11.5. The van der Waals surface area contributed by atoms with E-state index in [1.54, 1.807) is 31.2 Å². The van der Waals surface area contributed by atoms with Crippen molar-refractivity contribution in [2.45, 2.75) is 16.8 Å². The Labute approximate surface area is 131 Å². The summed E-state index contributed by atoms with van der Waals surface area (Å²) in [6, 6.07) is 8.82. The number of benzene rings is 1. The Morgan fingerprint density at radius 3 is 2.65 bits per heavy atom. The van der Waals surface area contributed by atoms with E-state index in [2.05, 4.69) is 4.98 Å². The summed E-state index contributed by atoms with van der Waals surface area (Å²) in [4.78, 5) is 16.6. The lowest BCUT2D eigenvalue weighted by Gasteiger charge is -2.04. The van der Waals surface area contributed by atoms with Gasteiger partial charge in [0.1, 0.15) is 5.03 Å². The van der Waals surface area contributed by atoms with Gasteiger partial charge in [0.2, 0.25) is 0 Å². The van der Waals surface area contributed by atoms with Crippen molar-refractivity contribution in [3.05, 3.63) is 52.1 Å². The molecule has 0 saturated carbocycles. The van der Waals surface area contributed by atoms with E-state index < -0.39 is 0 Å². The fraction of sp³-hybridized carbons (Fsp3) is 0.143. The molecular weight excluding hydrogens is 317 g/mol. The van der Waals surface area contributed by atoms with Gasteiger partial charge in [0, 0.05) is 11.1 Å². The van der Waals surface area contributed by atoms with Gasteiger partial charge >= 0.3 is 5.97 Å². The summed E-state index contributed by atoms with van der Waals surface area (Å²) in [6.45, 7) is 2.11. The first-order chi connectivity index (χ1) is 9.60. The molecule has 0 aliphatic rings. The van der Waals surface area contributed by atoms with Crippen LogP contribution in [0.1, 0.15) is 17.3 Å². The molecule has 104 valence electrons. The Balaban J connectivity index is 2.10. The molecule has 0 radical (unpaired) electrons. The largest absolute Gasteiger partial charge is 0.462 e. The minimum Gasteiger partial charge on any atom is -0.462 e. The van der Waals surface area contributed by atoms with Gasteiger partial charge in [0.15, 0.2) is 0 Å². The molecule has 20 heavy (non-hydrogen) atoms.